The van der Waals surface area contributed by atoms with Crippen molar-refractivity contribution in [2.45, 2.75) is 13.8 Å². The number of para-hydroxylation sites is 1. The number of aryl methyl sites for hydroxylation is 1. The van der Waals surface area contributed by atoms with Crippen LogP contribution in [-0.4, -0.2) is 19.7 Å². The SMILES string of the molecule is Cc1nn(-c2ccccc2)c(C)c1-c1cc(N)ncn1. The molecule has 0 atom stereocenters. The van der Waals surface area contributed by atoms with Gasteiger partial charge in [0.05, 0.1) is 22.8 Å². The van der Waals surface area contributed by atoms with Crippen molar-refractivity contribution in [2.24, 2.45) is 0 Å². The Morgan fingerprint density at radius 1 is 1.05 bits per heavy atom. The second kappa shape index (κ2) is 4.77. The van der Waals surface area contributed by atoms with Crippen molar-refractivity contribution in [1.82, 2.24) is 19.7 Å². The van der Waals surface area contributed by atoms with E-state index < -0.39 is 0 Å². The summed E-state index contributed by atoms with van der Waals surface area (Å²) < 4.78 is 1.92. The van der Waals surface area contributed by atoms with Crippen molar-refractivity contribution in [3.8, 4) is 16.9 Å². The Bertz CT molecular complexity index is 746. The first-order chi connectivity index (χ1) is 9.66. The van der Waals surface area contributed by atoms with E-state index in [2.05, 4.69) is 15.1 Å². The summed E-state index contributed by atoms with van der Waals surface area (Å²) in [7, 11) is 0. The smallest absolute Gasteiger partial charge is 0.127 e. The van der Waals surface area contributed by atoms with Crippen LogP contribution in [0, 0.1) is 13.8 Å². The van der Waals surface area contributed by atoms with E-state index in [1.807, 2.05) is 48.9 Å². The molecule has 2 N–H and O–H groups in total. The molecule has 5 nitrogen and oxygen atoms in total. The Hall–Kier alpha value is -2.69. The van der Waals surface area contributed by atoms with Gasteiger partial charge in [-0.15, -0.1) is 0 Å². The molecule has 0 radical (unpaired) electrons. The van der Waals surface area contributed by atoms with Crippen molar-refractivity contribution in [1.29, 1.82) is 0 Å². The summed E-state index contributed by atoms with van der Waals surface area (Å²) >= 11 is 0. The minimum absolute atomic E-state index is 0.460. The van der Waals surface area contributed by atoms with Gasteiger partial charge in [0.15, 0.2) is 0 Å². The monoisotopic (exact) mass is 265 g/mol. The molecule has 2 heterocycles. The van der Waals surface area contributed by atoms with E-state index >= 15 is 0 Å². The second-order valence-corrected chi connectivity index (χ2v) is 4.62. The van der Waals surface area contributed by atoms with Crippen LogP contribution in [0.5, 0.6) is 0 Å². The van der Waals surface area contributed by atoms with Crippen LogP contribution in [0.4, 0.5) is 5.82 Å². The van der Waals surface area contributed by atoms with E-state index in [0.29, 0.717) is 5.82 Å². The van der Waals surface area contributed by atoms with Crippen LogP contribution < -0.4 is 5.73 Å². The standard InChI is InChI=1S/C15H15N5/c1-10-15(13-8-14(16)18-9-17-13)11(2)20(19-10)12-6-4-3-5-7-12/h3-9H,1-2H3,(H2,16,17,18). The average molecular weight is 265 g/mol. The van der Waals surface area contributed by atoms with Crippen LogP contribution in [0.25, 0.3) is 16.9 Å². The number of nitrogens with two attached hydrogens (primary N) is 1. The zero-order valence-electron chi connectivity index (χ0n) is 11.4. The molecule has 0 unspecified atom stereocenters. The molecule has 3 aromatic rings. The molecule has 0 aliphatic carbocycles. The maximum Gasteiger partial charge on any atom is 0.127 e. The van der Waals surface area contributed by atoms with Gasteiger partial charge >= 0.3 is 0 Å². The molecule has 1 aromatic carbocycles. The van der Waals surface area contributed by atoms with E-state index in [1.54, 1.807) is 6.07 Å². The minimum atomic E-state index is 0.460. The first-order valence-corrected chi connectivity index (χ1v) is 6.36. The molecule has 100 valence electrons. The third kappa shape index (κ3) is 2.03. The molecule has 3 rings (SSSR count). The predicted molar refractivity (Wildman–Crippen MR) is 78.5 cm³/mol. The van der Waals surface area contributed by atoms with Gasteiger partial charge in [-0.3, -0.25) is 0 Å². The maximum atomic E-state index is 5.74. The normalized spacial score (nSPS) is 10.7. The summed E-state index contributed by atoms with van der Waals surface area (Å²) in [5.41, 5.74) is 10.5. The third-order valence-electron chi connectivity index (χ3n) is 3.24. The molecule has 5 heteroatoms. The fourth-order valence-electron chi connectivity index (χ4n) is 2.34. The average Bonchev–Trinajstić information content (AvgIpc) is 2.75. The van der Waals surface area contributed by atoms with E-state index in [4.69, 9.17) is 5.73 Å². The van der Waals surface area contributed by atoms with Crippen molar-refractivity contribution >= 4 is 5.82 Å². The molecular weight excluding hydrogens is 250 g/mol. The lowest BCUT2D eigenvalue weighted by Crippen LogP contribution is -1.99. The molecule has 0 fully saturated rings. The lowest BCUT2D eigenvalue weighted by molar-refractivity contribution is 0.834. The van der Waals surface area contributed by atoms with Gasteiger partial charge in [-0.05, 0) is 26.0 Å². The van der Waals surface area contributed by atoms with Gasteiger partial charge in [-0.2, -0.15) is 5.10 Å². The fourth-order valence-corrected chi connectivity index (χ4v) is 2.34. The van der Waals surface area contributed by atoms with Crippen LogP contribution >= 0.6 is 0 Å². The highest BCUT2D eigenvalue weighted by Crippen LogP contribution is 2.27. The number of hydrogen-bond acceptors (Lipinski definition) is 4. The molecule has 20 heavy (non-hydrogen) atoms. The first kappa shape index (κ1) is 12.3. The van der Waals surface area contributed by atoms with Gasteiger partial charge in [-0.1, -0.05) is 18.2 Å². The Labute approximate surface area is 117 Å². The molecule has 0 spiro atoms. The van der Waals surface area contributed by atoms with E-state index in [-0.39, 0.29) is 0 Å². The minimum Gasteiger partial charge on any atom is -0.384 e. The Kier molecular flexibility index (Phi) is 2.95. The van der Waals surface area contributed by atoms with Gasteiger partial charge in [0, 0.05) is 11.6 Å². The van der Waals surface area contributed by atoms with E-state index in [1.165, 1.54) is 6.33 Å². The number of nitrogens with zero attached hydrogens (tertiary/aromatic N) is 4. The molecule has 0 amide bonds. The van der Waals surface area contributed by atoms with Crippen LogP contribution in [0.1, 0.15) is 11.4 Å². The highest BCUT2D eigenvalue weighted by atomic mass is 15.3. The van der Waals surface area contributed by atoms with Crippen molar-refractivity contribution in [2.75, 3.05) is 5.73 Å². The van der Waals surface area contributed by atoms with Crippen LogP contribution in [-0.2, 0) is 0 Å². The topological polar surface area (TPSA) is 69.6 Å². The van der Waals surface area contributed by atoms with E-state index in [9.17, 15) is 0 Å². The number of nitrogen functional groups attached to an aromatic ring is 1. The van der Waals surface area contributed by atoms with Crippen LogP contribution in [0.2, 0.25) is 0 Å². The summed E-state index contributed by atoms with van der Waals surface area (Å²) in [6.07, 6.45) is 1.48. The Morgan fingerprint density at radius 2 is 1.80 bits per heavy atom. The summed E-state index contributed by atoms with van der Waals surface area (Å²) in [5.74, 6) is 0.460. The fraction of sp³-hybridized carbons (Fsp3) is 0.133. The van der Waals surface area contributed by atoms with Gasteiger partial charge in [0.1, 0.15) is 12.1 Å². The molecule has 0 aliphatic rings. The van der Waals surface area contributed by atoms with Crippen LogP contribution in [0.3, 0.4) is 0 Å². The second-order valence-electron chi connectivity index (χ2n) is 4.62. The Morgan fingerprint density at radius 3 is 2.50 bits per heavy atom. The molecule has 0 bridgehead atoms. The predicted octanol–water partition coefficient (Wildman–Crippen LogP) is 2.53. The van der Waals surface area contributed by atoms with Crippen molar-refractivity contribution in [3.05, 3.63) is 54.1 Å². The van der Waals surface area contributed by atoms with Crippen molar-refractivity contribution in [3.63, 3.8) is 0 Å². The van der Waals surface area contributed by atoms with E-state index in [0.717, 1.165) is 28.3 Å². The summed E-state index contributed by atoms with van der Waals surface area (Å²) in [4.78, 5) is 8.22. The van der Waals surface area contributed by atoms with Crippen LogP contribution in [0.15, 0.2) is 42.7 Å². The van der Waals surface area contributed by atoms with Gasteiger partial charge in [-0.25, -0.2) is 14.6 Å². The highest BCUT2D eigenvalue weighted by Gasteiger charge is 2.15. The summed E-state index contributed by atoms with van der Waals surface area (Å²) in [6.45, 7) is 4.00. The molecule has 0 aliphatic heterocycles. The lowest BCUT2D eigenvalue weighted by Gasteiger charge is -2.05. The zero-order valence-corrected chi connectivity index (χ0v) is 11.4. The van der Waals surface area contributed by atoms with Gasteiger partial charge in [0.2, 0.25) is 0 Å². The lowest BCUT2D eigenvalue weighted by atomic mass is 10.1. The molecule has 2 aromatic heterocycles. The number of aromatic nitrogens is 4. The summed E-state index contributed by atoms with van der Waals surface area (Å²) in [5, 5.41) is 4.60. The summed E-state index contributed by atoms with van der Waals surface area (Å²) in [6, 6.07) is 11.8. The number of benzene rings is 1. The molecule has 0 saturated carbocycles. The molecule has 0 saturated heterocycles. The van der Waals surface area contributed by atoms with Crippen molar-refractivity contribution < 1.29 is 0 Å². The van der Waals surface area contributed by atoms with Gasteiger partial charge < -0.3 is 5.73 Å². The largest absolute Gasteiger partial charge is 0.384 e. The number of hydrogen-bond donors (Lipinski definition) is 1. The zero-order chi connectivity index (χ0) is 14.1. The van der Waals surface area contributed by atoms with Gasteiger partial charge in [0.25, 0.3) is 0 Å². The highest BCUT2D eigenvalue weighted by molar-refractivity contribution is 5.67. The third-order valence-corrected chi connectivity index (χ3v) is 3.24. The maximum absolute atomic E-state index is 5.74. The molecular formula is C15H15N5. The Balaban J connectivity index is 2.17. The first-order valence-electron chi connectivity index (χ1n) is 6.36. The number of rotatable bonds is 2. The number of anilines is 1. The quantitative estimate of drug-likeness (QED) is 0.773.